The topological polar surface area (TPSA) is 36.4 Å². The van der Waals surface area contributed by atoms with Crippen LogP contribution in [-0.2, 0) is 6.42 Å². The summed E-state index contributed by atoms with van der Waals surface area (Å²) in [6, 6.07) is 8.95. The van der Waals surface area contributed by atoms with E-state index >= 15 is 0 Å². The van der Waals surface area contributed by atoms with Gasteiger partial charge in [0.15, 0.2) is 5.96 Å². The molecule has 1 aliphatic rings. The molecule has 3 nitrogen and oxygen atoms in total. The van der Waals surface area contributed by atoms with Crippen LogP contribution >= 0.6 is 0 Å². The Balaban J connectivity index is 1.77. The molecule has 104 valence electrons. The number of hydrogen-bond acceptors (Lipinski definition) is 3. The summed E-state index contributed by atoms with van der Waals surface area (Å²) >= 11 is 0. The molecule has 2 rings (SSSR count). The fourth-order valence-electron chi connectivity index (χ4n) is 2.20. The zero-order valence-electron chi connectivity index (χ0n) is 12.1. The van der Waals surface area contributed by atoms with E-state index in [1.165, 1.54) is 24.0 Å². The maximum absolute atomic E-state index is 4.49. The van der Waals surface area contributed by atoms with Crippen molar-refractivity contribution in [2.75, 3.05) is 19.6 Å². The van der Waals surface area contributed by atoms with Crippen LogP contribution in [0.3, 0.4) is 0 Å². The number of hydrogen-bond donors (Lipinski definition) is 2. The SMILES string of the molecule is CC(C)c1ccc(CCNC2=NCCCCN2)cc1. The van der Waals surface area contributed by atoms with Gasteiger partial charge in [0.1, 0.15) is 0 Å². The molecule has 0 radical (unpaired) electrons. The lowest BCUT2D eigenvalue weighted by molar-refractivity contribution is 0.741. The highest BCUT2D eigenvalue weighted by molar-refractivity contribution is 5.79. The lowest BCUT2D eigenvalue weighted by Crippen LogP contribution is -2.38. The standard InChI is InChI=1S/C16H25N3/c1-13(2)15-7-5-14(6-8-15)9-12-19-16-17-10-3-4-11-18-16/h5-8,13H,3-4,9-12H2,1-2H3,(H2,17,18,19). The molecule has 1 heterocycles. The summed E-state index contributed by atoms with van der Waals surface area (Å²) in [7, 11) is 0. The third-order valence-corrected chi connectivity index (χ3v) is 3.50. The molecule has 1 aromatic rings. The lowest BCUT2D eigenvalue weighted by Gasteiger charge is -2.10. The third kappa shape index (κ3) is 4.58. The molecule has 0 bridgehead atoms. The van der Waals surface area contributed by atoms with Crippen LogP contribution in [0, 0.1) is 0 Å². The van der Waals surface area contributed by atoms with Crippen molar-refractivity contribution >= 4 is 5.96 Å². The van der Waals surface area contributed by atoms with Gasteiger partial charge in [-0.2, -0.15) is 0 Å². The molecule has 1 aromatic carbocycles. The number of benzene rings is 1. The first-order valence-electron chi connectivity index (χ1n) is 7.37. The summed E-state index contributed by atoms with van der Waals surface area (Å²) in [6.07, 6.45) is 3.44. The van der Waals surface area contributed by atoms with Crippen molar-refractivity contribution in [3.8, 4) is 0 Å². The van der Waals surface area contributed by atoms with Gasteiger partial charge in [-0.15, -0.1) is 0 Å². The average Bonchev–Trinajstić information content (AvgIpc) is 2.68. The van der Waals surface area contributed by atoms with Crippen LogP contribution < -0.4 is 10.6 Å². The molecule has 0 aromatic heterocycles. The maximum Gasteiger partial charge on any atom is 0.191 e. The molecule has 0 amide bonds. The summed E-state index contributed by atoms with van der Waals surface area (Å²) in [4.78, 5) is 4.49. The predicted octanol–water partition coefficient (Wildman–Crippen LogP) is 2.68. The summed E-state index contributed by atoms with van der Waals surface area (Å²) in [5, 5.41) is 6.72. The van der Waals surface area contributed by atoms with E-state index in [1.54, 1.807) is 0 Å². The Morgan fingerprint density at radius 2 is 2.00 bits per heavy atom. The van der Waals surface area contributed by atoms with E-state index in [1.807, 2.05) is 0 Å². The summed E-state index contributed by atoms with van der Waals surface area (Å²) in [6.45, 7) is 7.37. The second-order valence-corrected chi connectivity index (χ2v) is 5.44. The highest BCUT2D eigenvalue weighted by Crippen LogP contribution is 2.14. The molecule has 2 N–H and O–H groups in total. The Hall–Kier alpha value is -1.51. The van der Waals surface area contributed by atoms with E-state index in [0.717, 1.165) is 32.0 Å². The Morgan fingerprint density at radius 3 is 2.74 bits per heavy atom. The number of nitrogens with zero attached hydrogens (tertiary/aromatic N) is 1. The zero-order chi connectivity index (χ0) is 13.5. The van der Waals surface area contributed by atoms with Crippen molar-refractivity contribution in [1.82, 2.24) is 10.6 Å². The van der Waals surface area contributed by atoms with E-state index in [9.17, 15) is 0 Å². The lowest BCUT2D eigenvalue weighted by atomic mass is 10.0. The van der Waals surface area contributed by atoms with Crippen molar-refractivity contribution in [3.63, 3.8) is 0 Å². The second-order valence-electron chi connectivity index (χ2n) is 5.44. The molecule has 0 saturated carbocycles. The van der Waals surface area contributed by atoms with E-state index < -0.39 is 0 Å². The second kappa shape index (κ2) is 7.17. The van der Waals surface area contributed by atoms with Gasteiger partial charge < -0.3 is 10.6 Å². The minimum absolute atomic E-state index is 0.608. The van der Waals surface area contributed by atoms with Crippen LogP contribution in [0.15, 0.2) is 29.3 Å². The van der Waals surface area contributed by atoms with Crippen molar-refractivity contribution in [1.29, 1.82) is 0 Å². The van der Waals surface area contributed by atoms with E-state index in [-0.39, 0.29) is 0 Å². The van der Waals surface area contributed by atoms with E-state index in [4.69, 9.17) is 0 Å². The van der Waals surface area contributed by atoms with Gasteiger partial charge in [-0.25, -0.2) is 0 Å². The largest absolute Gasteiger partial charge is 0.356 e. The van der Waals surface area contributed by atoms with Crippen molar-refractivity contribution in [2.45, 2.75) is 39.0 Å². The Labute approximate surface area is 116 Å². The van der Waals surface area contributed by atoms with Gasteiger partial charge in [0.2, 0.25) is 0 Å². The fraction of sp³-hybridized carbons (Fsp3) is 0.562. The molecular formula is C16H25N3. The number of aliphatic imine (C=N–C) groups is 1. The minimum atomic E-state index is 0.608. The van der Waals surface area contributed by atoms with Gasteiger partial charge in [-0.05, 0) is 36.3 Å². The Bertz CT molecular complexity index is 407. The molecule has 0 atom stereocenters. The predicted molar refractivity (Wildman–Crippen MR) is 81.8 cm³/mol. The van der Waals surface area contributed by atoms with E-state index in [0.29, 0.717) is 5.92 Å². The van der Waals surface area contributed by atoms with Crippen LogP contribution in [-0.4, -0.2) is 25.6 Å². The van der Waals surface area contributed by atoms with Crippen molar-refractivity contribution in [2.24, 2.45) is 4.99 Å². The monoisotopic (exact) mass is 259 g/mol. The average molecular weight is 259 g/mol. The molecule has 0 saturated heterocycles. The Morgan fingerprint density at radius 1 is 1.21 bits per heavy atom. The zero-order valence-corrected chi connectivity index (χ0v) is 12.1. The maximum atomic E-state index is 4.49. The normalized spacial score (nSPS) is 15.6. The Kier molecular flexibility index (Phi) is 5.25. The summed E-state index contributed by atoms with van der Waals surface area (Å²) in [5.74, 6) is 1.58. The highest BCUT2D eigenvalue weighted by Gasteiger charge is 2.02. The van der Waals surface area contributed by atoms with Gasteiger partial charge in [0.05, 0.1) is 0 Å². The highest BCUT2D eigenvalue weighted by atomic mass is 15.2. The van der Waals surface area contributed by atoms with Crippen LogP contribution in [0.2, 0.25) is 0 Å². The van der Waals surface area contributed by atoms with Gasteiger partial charge in [0, 0.05) is 19.6 Å². The van der Waals surface area contributed by atoms with E-state index in [2.05, 4.69) is 53.7 Å². The minimum Gasteiger partial charge on any atom is -0.356 e. The number of nitrogens with one attached hydrogen (secondary N) is 2. The molecule has 0 spiro atoms. The molecular weight excluding hydrogens is 234 g/mol. The van der Waals surface area contributed by atoms with Crippen molar-refractivity contribution < 1.29 is 0 Å². The number of rotatable bonds is 4. The van der Waals surface area contributed by atoms with Crippen LogP contribution in [0.4, 0.5) is 0 Å². The van der Waals surface area contributed by atoms with Gasteiger partial charge in [0.25, 0.3) is 0 Å². The molecule has 1 aliphatic heterocycles. The van der Waals surface area contributed by atoms with Gasteiger partial charge in [-0.1, -0.05) is 38.1 Å². The van der Waals surface area contributed by atoms with Gasteiger partial charge in [-0.3, -0.25) is 4.99 Å². The third-order valence-electron chi connectivity index (χ3n) is 3.50. The van der Waals surface area contributed by atoms with Crippen LogP contribution in [0.1, 0.15) is 43.7 Å². The fourth-order valence-corrected chi connectivity index (χ4v) is 2.20. The first-order chi connectivity index (χ1) is 9.25. The molecule has 3 heteroatoms. The molecule has 0 aliphatic carbocycles. The van der Waals surface area contributed by atoms with Gasteiger partial charge >= 0.3 is 0 Å². The molecule has 19 heavy (non-hydrogen) atoms. The first-order valence-corrected chi connectivity index (χ1v) is 7.37. The van der Waals surface area contributed by atoms with Crippen molar-refractivity contribution in [3.05, 3.63) is 35.4 Å². The smallest absolute Gasteiger partial charge is 0.191 e. The summed E-state index contributed by atoms with van der Waals surface area (Å²) in [5.41, 5.74) is 2.79. The summed E-state index contributed by atoms with van der Waals surface area (Å²) < 4.78 is 0. The van der Waals surface area contributed by atoms with Crippen LogP contribution in [0.5, 0.6) is 0 Å². The first kappa shape index (κ1) is 13.9. The number of guanidine groups is 1. The molecule has 0 fully saturated rings. The van der Waals surface area contributed by atoms with Crippen LogP contribution in [0.25, 0.3) is 0 Å². The quantitative estimate of drug-likeness (QED) is 0.872. The molecule has 0 unspecified atom stereocenters.